The summed E-state index contributed by atoms with van der Waals surface area (Å²) in [6.45, 7) is 3.99. The molecule has 2 N–H and O–H groups in total. The van der Waals surface area contributed by atoms with Gasteiger partial charge in [0.25, 0.3) is 0 Å². The van der Waals surface area contributed by atoms with Crippen LogP contribution >= 0.6 is 11.8 Å². The first-order chi connectivity index (χ1) is 8.66. The highest BCUT2D eigenvalue weighted by Crippen LogP contribution is 2.34. The van der Waals surface area contributed by atoms with Gasteiger partial charge in [0.2, 0.25) is 0 Å². The van der Waals surface area contributed by atoms with E-state index in [4.69, 9.17) is 5.73 Å². The summed E-state index contributed by atoms with van der Waals surface area (Å²) in [4.78, 5) is 8.64. The van der Waals surface area contributed by atoms with E-state index in [0.717, 1.165) is 10.7 Å². The van der Waals surface area contributed by atoms with Gasteiger partial charge in [-0.25, -0.2) is 9.97 Å². The highest BCUT2D eigenvalue weighted by Gasteiger charge is 2.18. The zero-order chi connectivity index (χ0) is 13.0. The molecule has 0 aliphatic rings. The zero-order valence-electron chi connectivity index (χ0n) is 10.6. The molecule has 0 radical (unpaired) electrons. The topological polar surface area (TPSA) is 51.8 Å². The summed E-state index contributed by atoms with van der Waals surface area (Å²) in [6, 6.07) is 10.3. The SMILES string of the molecule is Cc1cnc(SC(c2ccccc2)C(C)N)nc1. The molecule has 0 saturated carbocycles. The summed E-state index contributed by atoms with van der Waals surface area (Å²) in [5, 5.41) is 0.945. The Hall–Kier alpha value is -1.39. The van der Waals surface area contributed by atoms with Gasteiger partial charge in [0.05, 0.1) is 5.25 Å². The van der Waals surface area contributed by atoms with Crippen LogP contribution in [0, 0.1) is 6.92 Å². The van der Waals surface area contributed by atoms with Crippen LogP contribution in [-0.2, 0) is 0 Å². The van der Waals surface area contributed by atoms with E-state index in [0.29, 0.717) is 0 Å². The number of benzene rings is 1. The maximum absolute atomic E-state index is 6.07. The van der Waals surface area contributed by atoms with E-state index in [1.807, 2.05) is 44.4 Å². The normalized spacial score (nSPS) is 14.2. The number of aromatic nitrogens is 2. The number of rotatable bonds is 4. The molecule has 4 heteroatoms. The van der Waals surface area contributed by atoms with Crippen molar-refractivity contribution in [1.29, 1.82) is 0 Å². The molecule has 2 unspecified atom stereocenters. The maximum Gasteiger partial charge on any atom is 0.188 e. The molecule has 94 valence electrons. The molecule has 0 spiro atoms. The van der Waals surface area contributed by atoms with Gasteiger partial charge in [0.1, 0.15) is 0 Å². The van der Waals surface area contributed by atoms with Crippen LogP contribution in [0.15, 0.2) is 47.9 Å². The highest BCUT2D eigenvalue weighted by atomic mass is 32.2. The van der Waals surface area contributed by atoms with Crippen molar-refractivity contribution >= 4 is 11.8 Å². The van der Waals surface area contributed by atoms with Gasteiger partial charge in [-0.1, -0.05) is 42.1 Å². The van der Waals surface area contributed by atoms with E-state index in [1.165, 1.54) is 5.56 Å². The molecule has 2 aromatic rings. The van der Waals surface area contributed by atoms with Gasteiger partial charge >= 0.3 is 0 Å². The van der Waals surface area contributed by atoms with Crippen LogP contribution < -0.4 is 5.73 Å². The van der Waals surface area contributed by atoms with Crippen molar-refractivity contribution in [3.8, 4) is 0 Å². The number of hydrogen-bond donors (Lipinski definition) is 1. The molecular weight excluding hydrogens is 242 g/mol. The molecule has 1 aromatic carbocycles. The van der Waals surface area contributed by atoms with Gasteiger partial charge in [-0.05, 0) is 25.0 Å². The van der Waals surface area contributed by atoms with Gasteiger partial charge in [0, 0.05) is 18.4 Å². The Kier molecular flexibility index (Phi) is 4.33. The van der Waals surface area contributed by atoms with Crippen LogP contribution in [0.5, 0.6) is 0 Å². The van der Waals surface area contributed by atoms with E-state index in [1.54, 1.807) is 11.8 Å². The Morgan fingerprint density at radius 1 is 1.11 bits per heavy atom. The summed E-state index contributed by atoms with van der Waals surface area (Å²) in [7, 11) is 0. The van der Waals surface area contributed by atoms with Crippen LogP contribution in [0.3, 0.4) is 0 Å². The van der Waals surface area contributed by atoms with Gasteiger partial charge in [-0.2, -0.15) is 0 Å². The minimum absolute atomic E-state index is 0.0438. The quantitative estimate of drug-likeness (QED) is 0.677. The Balaban J connectivity index is 2.19. The summed E-state index contributed by atoms with van der Waals surface area (Å²) in [5.74, 6) is 0. The van der Waals surface area contributed by atoms with Gasteiger partial charge < -0.3 is 5.73 Å². The number of aryl methyl sites for hydroxylation is 1. The van der Waals surface area contributed by atoms with Crippen molar-refractivity contribution in [3.05, 3.63) is 53.9 Å². The average Bonchev–Trinajstić information content (AvgIpc) is 2.38. The third kappa shape index (κ3) is 3.31. The molecule has 2 atom stereocenters. The first kappa shape index (κ1) is 13.1. The number of nitrogens with two attached hydrogens (primary N) is 1. The molecule has 0 amide bonds. The summed E-state index contributed by atoms with van der Waals surface area (Å²) >= 11 is 1.61. The van der Waals surface area contributed by atoms with Gasteiger partial charge in [-0.3, -0.25) is 0 Å². The fourth-order valence-electron chi connectivity index (χ4n) is 1.68. The summed E-state index contributed by atoms with van der Waals surface area (Å²) < 4.78 is 0. The van der Waals surface area contributed by atoms with Crippen LogP contribution in [0.4, 0.5) is 0 Å². The Labute approximate surface area is 112 Å². The van der Waals surface area contributed by atoms with E-state index < -0.39 is 0 Å². The molecule has 18 heavy (non-hydrogen) atoms. The Bertz CT molecular complexity index is 482. The number of thioether (sulfide) groups is 1. The van der Waals surface area contributed by atoms with Gasteiger partial charge in [0.15, 0.2) is 5.16 Å². The van der Waals surface area contributed by atoms with Crippen LogP contribution in [0.1, 0.15) is 23.3 Å². The Morgan fingerprint density at radius 3 is 2.28 bits per heavy atom. The molecule has 0 aliphatic heterocycles. The third-order valence-corrected chi connectivity index (χ3v) is 3.97. The molecule has 3 nitrogen and oxygen atoms in total. The molecule has 1 aromatic heterocycles. The minimum atomic E-state index is 0.0438. The minimum Gasteiger partial charge on any atom is -0.327 e. The second-order valence-electron chi connectivity index (χ2n) is 4.35. The predicted molar refractivity (Wildman–Crippen MR) is 75.5 cm³/mol. The predicted octanol–water partition coefficient (Wildman–Crippen LogP) is 2.97. The first-order valence-corrected chi connectivity index (χ1v) is 6.80. The first-order valence-electron chi connectivity index (χ1n) is 5.92. The fraction of sp³-hybridized carbons (Fsp3) is 0.286. The van der Waals surface area contributed by atoms with Crippen molar-refractivity contribution in [2.45, 2.75) is 30.3 Å². The third-order valence-electron chi connectivity index (χ3n) is 2.60. The van der Waals surface area contributed by atoms with Crippen molar-refractivity contribution in [2.24, 2.45) is 5.73 Å². The lowest BCUT2D eigenvalue weighted by Crippen LogP contribution is -2.22. The summed E-state index contributed by atoms with van der Waals surface area (Å²) in [5.41, 5.74) is 8.35. The van der Waals surface area contributed by atoms with Crippen molar-refractivity contribution in [1.82, 2.24) is 9.97 Å². The molecular formula is C14H17N3S. The lowest BCUT2D eigenvalue weighted by Gasteiger charge is -2.19. The van der Waals surface area contributed by atoms with Crippen molar-refractivity contribution in [2.75, 3.05) is 0 Å². The zero-order valence-corrected chi connectivity index (χ0v) is 11.4. The molecule has 1 heterocycles. The Morgan fingerprint density at radius 2 is 1.72 bits per heavy atom. The molecule has 0 saturated heterocycles. The van der Waals surface area contributed by atoms with E-state index in [-0.39, 0.29) is 11.3 Å². The van der Waals surface area contributed by atoms with Crippen molar-refractivity contribution in [3.63, 3.8) is 0 Å². The van der Waals surface area contributed by atoms with E-state index >= 15 is 0 Å². The van der Waals surface area contributed by atoms with E-state index in [2.05, 4.69) is 22.1 Å². The highest BCUT2D eigenvalue weighted by molar-refractivity contribution is 7.99. The smallest absolute Gasteiger partial charge is 0.188 e. The maximum atomic E-state index is 6.07. The summed E-state index contributed by atoms with van der Waals surface area (Å²) in [6.07, 6.45) is 3.66. The lowest BCUT2D eigenvalue weighted by molar-refractivity contribution is 0.717. The second kappa shape index (κ2) is 5.98. The fourth-order valence-corrected chi connectivity index (χ4v) is 2.64. The average molecular weight is 259 g/mol. The van der Waals surface area contributed by atoms with Crippen LogP contribution in [0.2, 0.25) is 0 Å². The van der Waals surface area contributed by atoms with Crippen molar-refractivity contribution < 1.29 is 0 Å². The molecule has 0 fully saturated rings. The second-order valence-corrected chi connectivity index (χ2v) is 5.46. The largest absolute Gasteiger partial charge is 0.327 e. The molecule has 2 rings (SSSR count). The molecule has 0 aliphatic carbocycles. The van der Waals surface area contributed by atoms with Crippen LogP contribution in [0.25, 0.3) is 0 Å². The monoisotopic (exact) mass is 259 g/mol. The van der Waals surface area contributed by atoms with E-state index in [9.17, 15) is 0 Å². The lowest BCUT2D eigenvalue weighted by atomic mass is 10.1. The number of nitrogens with zero attached hydrogens (tertiary/aromatic N) is 2. The number of hydrogen-bond acceptors (Lipinski definition) is 4. The van der Waals surface area contributed by atoms with Crippen LogP contribution in [-0.4, -0.2) is 16.0 Å². The van der Waals surface area contributed by atoms with Gasteiger partial charge in [-0.15, -0.1) is 0 Å². The molecule has 0 bridgehead atoms. The standard InChI is InChI=1S/C14H17N3S/c1-10-8-16-14(17-9-10)18-13(11(2)15)12-6-4-3-5-7-12/h3-9,11,13H,15H2,1-2H3.